The van der Waals surface area contributed by atoms with E-state index in [4.69, 9.17) is 0 Å². The lowest BCUT2D eigenvalue weighted by Crippen LogP contribution is -2.47. The number of phenols is 1. The average Bonchev–Trinajstić information content (AvgIpc) is 3.05. The zero-order chi connectivity index (χ0) is 16.9. The van der Waals surface area contributed by atoms with Gasteiger partial charge in [-0.2, -0.15) is 0 Å². The van der Waals surface area contributed by atoms with Crippen LogP contribution in [0.15, 0.2) is 35.7 Å². The van der Waals surface area contributed by atoms with E-state index in [1.165, 1.54) is 10.4 Å². The molecule has 1 aromatic heterocycles. The molecule has 1 aliphatic rings. The van der Waals surface area contributed by atoms with Crippen molar-refractivity contribution in [1.82, 2.24) is 10.2 Å². The normalized spacial score (nSPS) is 15.1. The molecule has 2 heterocycles. The van der Waals surface area contributed by atoms with Crippen LogP contribution < -0.4 is 5.32 Å². The lowest BCUT2D eigenvalue weighted by molar-refractivity contribution is -0.134. The standard InChI is InChI=1S/C19H24N2O2S/c1-2-4-17(20-12-14-5-3-6-16(22)11-14)19(23)21-9-7-18-15(13-21)8-10-24-18/h3,5-6,8,10-11,17,20,22H,2,4,7,9,12-13H2,1H3. The van der Waals surface area contributed by atoms with Crippen molar-refractivity contribution in [2.24, 2.45) is 0 Å². The van der Waals surface area contributed by atoms with Crippen LogP contribution in [0.25, 0.3) is 0 Å². The summed E-state index contributed by atoms with van der Waals surface area (Å²) < 4.78 is 0. The van der Waals surface area contributed by atoms with Crippen LogP contribution in [0.2, 0.25) is 0 Å². The van der Waals surface area contributed by atoms with E-state index in [0.717, 1.165) is 37.9 Å². The van der Waals surface area contributed by atoms with Gasteiger partial charge in [0.25, 0.3) is 0 Å². The number of hydrogen-bond acceptors (Lipinski definition) is 4. The number of nitrogens with zero attached hydrogens (tertiary/aromatic N) is 1. The summed E-state index contributed by atoms with van der Waals surface area (Å²) in [6, 6.07) is 9.14. The summed E-state index contributed by atoms with van der Waals surface area (Å²) in [7, 11) is 0. The van der Waals surface area contributed by atoms with Crippen LogP contribution in [0.1, 0.15) is 35.8 Å². The molecule has 4 nitrogen and oxygen atoms in total. The molecule has 0 saturated carbocycles. The highest BCUT2D eigenvalue weighted by Gasteiger charge is 2.27. The molecule has 1 aliphatic heterocycles. The zero-order valence-corrected chi connectivity index (χ0v) is 14.8. The largest absolute Gasteiger partial charge is 0.508 e. The van der Waals surface area contributed by atoms with Crippen LogP contribution in [-0.4, -0.2) is 28.5 Å². The molecule has 0 bridgehead atoms. The monoisotopic (exact) mass is 344 g/mol. The Hall–Kier alpha value is -1.85. The summed E-state index contributed by atoms with van der Waals surface area (Å²) >= 11 is 1.79. The Morgan fingerprint density at radius 3 is 3.08 bits per heavy atom. The number of nitrogens with one attached hydrogen (secondary N) is 1. The third kappa shape index (κ3) is 3.97. The second-order valence-electron chi connectivity index (χ2n) is 6.27. The predicted octanol–water partition coefficient (Wildman–Crippen LogP) is 3.30. The maximum absolute atomic E-state index is 12.9. The first kappa shape index (κ1) is 17.0. The molecule has 3 rings (SSSR count). The molecule has 2 aromatic rings. The van der Waals surface area contributed by atoms with Gasteiger partial charge in [0.1, 0.15) is 5.75 Å². The number of phenolic OH excluding ortho intramolecular Hbond substituents is 1. The fraction of sp³-hybridized carbons (Fsp3) is 0.421. The Balaban J connectivity index is 1.63. The van der Waals surface area contributed by atoms with Crippen molar-refractivity contribution in [2.45, 2.75) is 45.3 Å². The molecule has 24 heavy (non-hydrogen) atoms. The van der Waals surface area contributed by atoms with Gasteiger partial charge in [0.15, 0.2) is 0 Å². The molecule has 0 radical (unpaired) electrons. The summed E-state index contributed by atoms with van der Waals surface area (Å²) in [5, 5.41) is 15.1. The molecule has 0 saturated heterocycles. The summed E-state index contributed by atoms with van der Waals surface area (Å²) in [4.78, 5) is 16.3. The van der Waals surface area contributed by atoms with Crippen molar-refractivity contribution in [3.8, 4) is 5.75 Å². The van der Waals surface area contributed by atoms with Crippen LogP contribution in [-0.2, 0) is 24.3 Å². The third-order valence-corrected chi connectivity index (χ3v) is 5.48. The minimum Gasteiger partial charge on any atom is -0.508 e. The number of benzene rings is 1. The van der Waals surface area contributed by atoms with Gasteiger partial charge < -0.3 is 15.3 Å². The SMILES string of the molecule is CCCC(NCc1cccc(O)c1)C(=O)N1CCc2sccc2C1. The molecule has 2 N–H and O–H groups in total. The molecular formula is C19H24N2O2S. The summed E-state index contributed by atoms with van der Waals surface area (Å²) in [6.45, 7) is 4.22. The van der Waals surface area contributed by atoms with Crippen LogP contribution >= 0.6 is 11.3 Å². The van der Waals surface area contributed by atoms with Gasteiger partial charge in [-0.15, -0.1) is 11.3 Å². The predicted molar refractivity (Wildman–Crippen MR) is 97.1 cm³/mol. The van der Waals surface area contributed by atoms with Gasteiger partial charge in [-0.1, -0.05) is 25.5 Å². The second kappa shape index (κ2) is 7.81. The number of hydrogen-bond donors (Lipinski definition) is 2. The number of amides is 1. The van der Waals surface area contributed by atoms with Gasteiger partial charge in [0.2, 0.25) is 5.91 Å². The van der Waals surface area contributed by atoms with Gasteiger partial charge in [-0.05, 0) is 47.5 Å². The van der Waals surface area contributed by atoms with Crippen LogP contribution in [0.3, 0.4) is 0 Å². The van der Waals surface area contributed by atoms with Crippen molar-refractivity contribution in [1.29, 1.82) is 0 Å². The molecule has 1 atom stereocenters. The Kier molecular flexibility index (Phi) is 5.53. The second-order valence-corrected chi connectivity index (χ2v) is 7.27. The zero-order valence-electron chi connectivity index (χ0n) is 14.0. The molecule has 1 amide bonds. The molecule has 1 aromatic carbocycles. The summed E-state index contributed by atoms with van der Waals surface area (Å²) in [6.07, 6.45) is 2.75. The Morgan fingerprint density at radius 2 is 2.29 bits per heavy atom. The first-order valence-electron chi connectivity index (χ1n) is 8.52. The topological polar surface area (TPSA) is 52.6 Å². The van der Waals surface area contributed by atoms with E-state index in [9.17, 15) is 9.90 Å². The average molecular weight is 344 g/mol. The highest BCUT2D eigenvalue weighted by Crippen LogP contribution is 2.24. The van der Waals surface area contributed by atoms with Gasteiger partial charge in [0.05, 0.1) is 6.04 Å². The van der Waals surface area contributed by atoms with E-state index < -0.39 is 0 Å². The van der Waals surface area contributed by atoms with Crippen LogP contribution in [0, 0.1) is 0 Å². The van der Waals surface area contributed by atoms with Crippen LogP contribution in [0.4, 0.5) is 0 Å². The van der Waals surface area contributed by atoms with Gasteiger partial charge >= 0.3 is 0 Å². The van der Waals surface area contributed by atoms with E-state index in [1.54, 1.807) is 23.5 Å². The fourth-order valence-electron chi connectivity index (χ4n) is 3.17. The minimum atomic E-state index is -0.169. The third-order valence-electron chi connectivity index (χ3n) is 4.46. The van der Waals surface area contributed by atoms with Crippen LogP contribution in [0.5, 0.6) is 5.75 Å². The van der Waals surface area contributed by atoms with E-state index in [0.29, 0.717) is 6.54 Å². The van der Waals surface area contributed by atoms with Crippen molar-refractivity contribution in [3.63, 3.8) is 0 Å². The maximum Gasteiger partial charge on any atom is 0.240 e. The van der Waals surface area contributed by atoms with Gasteiger partial charge in [0, 0.05) is 24.5 Å². The smallest absolute Gasteiger partial charge is 0.240 e. The Bertz CT molecular complexity index is 698. The van der Waals surface area contributed by atoms with Crippen molar-refractivity contribution < 1.29 is 9.90 Å². The van der Waals surface area contributed by atoms with E-state index in [2.05, 4.69) is 23.7 Å². The number of rotatable bonds is 6. The highest BCUT2D eigenvalue weighted by molar-refractivity contribution is 7.10. The summed E-state index contributed by atoms with van der Waals surface area (Å²) in [5.41, 5.74) is 2.28. The minimum absolute atomic E-state index is 0.169. The first-order valence-corrected chi connectivity index (χ1v) is 9.40. The number of carbonyl (C=O) groups is 1. The first-order chi connectivity index (χ1) is 11.7. The maximum atomic E-state index is 12.9. The van der Waals surface area contributed by atoms with Crippen molar-refractivity contribution in [2.75, 3.05) is 6.54 Å². The van der Waals surface area contributed by atoms with Crippen molar-refractivity contribution in [3.05, 3.63) is 51.7 Å². The molecule has 0 spiro atoms. The molecule has 128 valence electrons. The number of carbonyl (C=O) groups excluding carboxylic acids is 1. The van der Waals surface area contributed by atoms with Gasteiger partial charge in [-0.3, -0.25) is 4.79 Å². The Morgan fingerprint density at radius 1 is 1.42 bits per heavy atom. The molecule has 0 aliphatic carbocycles. The lowest BCUT2D eigenvalue weighted by Gasteiger charge is -2.31. The summed E-state index contributed by atoms with van der Waals surface area (Å²) in [5.74, 6) is 0.447. The highest BCUT2D eigenvalue weighted by atomic mass is 32.1. The van der Waals surface area contributed by atoms with E-state index >= 15 is 0 Å². The Labute approximate surface area is 147 Å². The van der Waals surface area contributed by atoms with E-state index in [-0.39, 0.29) is 17.7 Å². The molecular weight excluding hydrogens is 320 g/mol. The fourth-order valence-corrected chi connectivity index (χ4v) is 4.06. The lowest BCUT2D eigenvalue weighted by atomic mass is 10.1. The quantitative estimate of drug-likeness (QED) is 0.845. The molecule has 1 unspecified atom stereocenters. The number of thiophene rings is 1. The van der Waals surface area contributed by atoms with E-state index in [1.807, 2.05) is 17.0 Å². The van der Waals surface area contributed by atoms with Crippen molar-refractivity contribution >= 4 is 17.2 Å². The number of aromatic hydroxyl groups is 1. The molecule has 0 fully saturated rings. The van der Waals surface area contributed by atoms with Gasteiger partial charge in [-0.25, -0.2) is 0 Å². The number of fused-ring (bicyclic) bond motifs is 1. The molecule has 5 heteroatoms.